The fourth-order valence-corrected chi connectivity index (χ4v) is 7.53. The zero-order valence-corrected chi connectivity index (χ0v) is 20.0. The van der Waals surface area contributed by atoms with Crippen molar-refractivity contribution >= 4 is 25.7 Å². The number of piperidine rings is 1. The highest BCUT2D eigenvalue weighted by Gasteiger charge is 2.51. The van der Waals surface area contributed by atoms with Gasteiger partial charge in [-0.3, -0.25) is 0 Å². The molecule has 1 spiro atoms. The van der Waals surface area contributed by atoms with Crippen LogP contribution >= 0.6 is 0 Å². The van der Waals surface area contributed by atoms with Crippen LogP contribution < -0.4 is 5.32 Å². The van der Waals surface area contributed by atoms with Gasteiger partial charge in [-0.25, -0.2) is 16.8 Å². The summed E-state index contributed by atoms with van der Waals surface area (Å²) in [6, 6.07) is 13.5. The molecular weight excluding hydrogens is 450 g/mol. The molecule has 0 unspecified atom stereocenters. The number of sulfonamides is 2. The standard InChI is InChI=1S/C22H29N3O5S2/c1-3-18-4-8-21(9-5-18)32(28,29)25-16-17-30-22(25)12-14-24(15-13-22)31(26,27)20-10-6-19(23-2)7-11-20/h4-11,23H,3,12-17H2,1-2H3. The third-order valence-electron chi connectivity index (χ3n) is 6.32. The summed E-state index contributed by atoms with van der Waals surface area (Å²) in [5.41, 5.74) is 0.885. The Labute approximate surface area is 190 Å². The van der Waals surface area contributed by atoms with Crippen molar-refractivity contribution < 1.29 is 21.6 Å². The van der Waals surface area contributed by atoms with Crippen LogP contribution in [0.3, 0.4) is 0 Å². The molecule has 2 aromatic rings. The van der Waals surface area contributed by atoms with E-state index in [-0.39, 0.29) is 42.3 Å². The van der Waals surface area contributed by atoms with Crippen LogP contribution in [0.4, 0.5) is 5.69 Å². The maximum Gasteiger partial charge on any atom is 0.245 e. The van der Waals surface area contributed by atoms with Crippen molar-refractivity contribution in [3.05, 3.63) is 54.1 Å². The first-order valence-electron chi connectivity index (χ1n) is 10.8. The van der Waals surface area contributed by atoms with E-state index in [0.717, 1.165) is 17.7 Å². The fourth-order valence-electron chi connectivity index (χ4n) is 4.37. The highest BCUT2D eigenvalue weighted by atomic mass is 32.2. The second-order valence-corrected chi connectivity index (χ2v) is 11.8. The lowest BCUT2D eigenvalue weighted by Gasteiger charge is -2.42. The van der Waals surface area contributed by atoms with Crippen LogP contribution in [0.2, 0.25) is 0 Å². The molecule has 2 saturated heterocycles. The number of nitrogens with zero attached hydrogens (tertiary/aromatic N) is 2. The molecule has 174 valence electrons. The molecule has 0 amide bonds. The Hall–Kier alpha value is -1.98. The Morgan fingerprint density at radius 1 is 0.875 bits per heavy atom. The Morgan fingerprint density at radius 2 is 1.44 bits per heavy atom. The van der Waals surface area contributed by atoms with Crippen LogP contribution in [-0.4, -0.2) is 64.5 Å². The molecule has 1 N–H and O–H groups in total. The summed E-state index contributed by atoms with van der Waals surface area (Å²) >= 11 is 0. The van der Waals surface area contributed by atoms with Gasteiger partial charge in [-0.1, -0.05) is 19.1 Å². The van der Waals surface area contributed by atoms with Crippen molar-refractivity contribution in [1.82, 2.24) is 8.61 Å². The summed E-state index contributed by atoms with van der Waals surface area (Å²) in [5, 5.41) is 2.97. The number of aryl methyl sites for hydroxylation is 1. The number of ether oxygens (including phenoxy) is 1. The topological polar surface area (TPSA) is 96.0 Å². The minimum absolute atomic E-state index is 0.191. The number of hydrogen-bond acceptors (Lipinski definition) is 6. The number of anilines is 1. The Balaban J connectivity index is 1.53. The number of rotatable bonds is 6. The third kappa shape index (κ3) is 4.06. The van der Waals surface area contributed by atoms with Crippen molar-refractivity contribution in [3.63, 3.8) is 0 Å². The number of benzene rings is 2. The average Bonchev–Trinajstić information content (AvgIpc) is 3.23. The summed E-state index contributed by atoms with van der Waals surface area (Å²) in [7, 11) is -5.64. The van der Waals surface area contributed by atoms with E-state index < -0.39 is 25.8 Å². The Bertz CT molecular complexity index is 1160. The summed E-state index contributed by atoms with van der Waals surface area (Å²) in [4.78, 5) is 0.458. The van der Waals surface area contributed by atoms with Gasteiger partial charge in [-0.2, -0.15) is 8.61 Å². The molecule has 2 fully saturated rings. The van der Waals surface area contributed by atoms with Gasteiger partial charge in [-0.15, -0.1) is 0 Å². The highest BCUT2D eigenvalue weighted by Crippen LogP contribution is 2.39. The van der Waals surface area contributed by atoms with E-state index in [1.807, 2.05) is 19.1 Å². The molecular formula is C22H29N3O5S2. The van der Waals surface area contributed by atoms with Gasteiger partial charge in [0.25, 0.3) is 0 Å². The van der Waals surface area contributed by atoms with E-state index in [1.54, 1.807) is 43.4 Å². The van der Waals surface area contributed by atoms with Crippen LogP contribution in [0.15, 0.2) is 58.3 Å². The van der Waals surface area contributed by atoms with Crippen molar-refractivity contribution in [2.75, 3.05) is 38.6 Å². The quantitative estimate of drug-likeness (QED) is 0.684. The van der Waals surface area contributed by atoms with Crippen LogP contribution in [-0.2, 0) is 31.2 Å². The normalized spacial score (nSPS) is 19.9. The predicted molar refractivity (Wildman–Crippen MR) is 122 cm³/mol. The molecule has 0 aliphatic carbocycles. The largest absolute Gasteiger partial charge is 0.388 e. The SMILES string of the molecule is CCc1ccc(S(=O)(=O)N2CCOC23CCN(S(=O)(=O)c2ccc(NC)cc2)CC3)cc1. The predicted octanol–water partition coefficient (Wildman–Crippen LogP) is 2.49. The van der Waals surface area contributed by atoms with Crippen LogP contribution in [0.1, 0.15) is 25.3 Å². The van der Waals surface area contributed by atoms with Gasteiger partial charge in [0.05, 0.1) is 16.4 Å². The lowest BCUT2D eigenvalue weighted by atomic mass is 10.0. The van der Waals surface area contributed by atoms with Gasteiger partial charge in [0.15, 0.2) is 0 Å². The number of nitrogens with one attached hydrogen (secondary N) is 1. The monoisotopic (exact) mass is 479 g/mol. The van der Waals surface area contributed by atoms with Gasteiger partial charge in [0, 0.05) is 45.2 Å². The van der Waals surface area contributed by atoms with E-state index in [4.69, 9.17) is 4.74 Å². The molecule has 32 heavy (non-hydrogen) atoms. The van der Waals surface area contributed by atoms with Crippen molar-refractivity contribution in [2.24, 2.45) is 0 Å². The second-order valence-electron chi connectivity index (χ2n) is 8.05. The molecule has 0 atom stereocenters. The molecule has 0 radical (unpaired) electrons. The molecule has 0 aromatic heterocycles. The molecule has 8 nitrogen and oxygen atoms in total. The molecule has 2 aliphatic rings. The minimum atomic E-state index is -3.75. The molecule has 2 heterocycles. The van der Waals surface area contributed by atoms with Gasteiger partial charge in [0.2, 0.25) is 20.0 Å². The second kappa shape index (κ2) is 8.75. The zero-order chi connectivity index (χ0) is 23.0. The first kappa shape index (κ1) is 23.2. The van der Waals surface area contributed by atoms with Crippen LogP contribution in [0.25, 0.3) is 0 Å². The third-order valence-corrected chi connectivity index (χ3v) is 10.2. The van der Waals surface area contributed by atoms with Gasteiger partial charge in [0.1, 0.15) is 5.72 Å². The van der Waals surface area contributed by atoms with Crippen molar-refractivity contribution in [1.29, 1.82) is 0 Å². The van der Waals surface area contributed by atoms with E-state index in [1.165, 1.54) is 8.61 Å². The molecule has 4 rings (SSSR count). The molecule has 10 heteroatoms. The van der Waals surface area contributed by atoms with Gasteiger partial charge < -0.3 is 10.1 Å². The molecule has 2 aromatic carbocycles. The van der Waals surface area contributed by atoms with Crippen molar-refractivity contribution in [2.45, 2.75) is 41.7 Å². The first-order chi connectivity index (χ1) is 15.2. The molecule has 0 saturated carbocycles. The van der Waals surface area contributed by atoms with Crippen LogP contribution in [0.5, 0.6) is 0 Å². The van der Waals surface area contributed by atoms with Gasteiger partial charge in [-0.05, 0) is 48.4 Å². The average molecular weight is 480 g/mol. The summed E-state index contributed by atoms with van der Waals surface area (Å²) in [6.07, 6.45) is 1.40. The number of hydrogen-bond donors (Lipinski definition) is 1. The first-order valence-corrected chi connectivity index (χ1v) is 13.6. The maximum atomic E-state index is 13.4. The highest BCUT2D eigenvalue weighted by molar-refractivity contribution is 7.89. The lowest BCUT2D eigenvalue weighted by Crippen LogP contribution is -2.55. The fraction of sp³-hybridized carbons (Fsp3) is 0.455. The summed E-state index contributed by atoms with van der Waals surface area (Å²) in [6.45, 7) is 2.96. The lowest BCUT2D eigenvalue weighted by molar-refractivity contribution is -0.0806. The maximum absolute atomic E-state index is 13.4. The molecule has 2 aliphatic heterocycles. The van der Waals surface area contributed by atoms with E-state index in [9.17, 15) is 16.8 Å². The van der Waals surface area contributed by atoms with E-state index in [0.29, 0.717) is 6.61 Å². The zero-order valence-electron chi connectivity index (χ0n) is 18.3. The smallest absolute Gasteiger partial charge is 0.245 e. The minimum Gasteiger partial charge on any atom is -0.388 e. The van der Waals surface area contributed by atoms with Crippen LogP contribution in [0, 0.1) is 0 Å². The summed E-state index contributed by atoms with van der Waals surface area (Å²) < 4.78 is 61.7. The Morgan fingerprint density at radius 3 is 2.00 bits per heavy atom. The van der Waals surface area contributed by atoms with E-state index in [2.05, 4.69) is 5.32 Å². The Kier molecular flexibility index (Phi) is 6.34. The summed E-state index contributed by atoms with van der Waals surface area (Å²) in [5.74, 6) is 0. The molecule has 0 bridgehead atoms. The van der Waals surface area contributed by atoms with Crippen molar-refractivity contribution in [3.8, 4) is 0 Å². The van der Waals surface area contributed by atoms with E-state index >= 15 is 0 Å². The van der Waals surface area contributed by atoms with Gasteiger partial charge >= 0.3 is 0 Å².